The summed E-state index contributed by atoms with van der Waals surface area (Å²) >= 11 is 0. The maximum absolute atomic E-state index is 12.6. The zero-order chi connectivity index (χ0) is 16.8. The third kappa shape index (κ3) is 2.58. The van der Waals surface area contributed by atoms with E-state index in [0.29, 0.717) is 31.4 Å². The summed E-state index contributed by atoms with van der Waals surface area (Å²) in [7, 11) is 1.74. The van der Waals surface area contributed by atoms with Crippen LogP contribution >= 0.6 is 0 Å². The zero-order valence-corrected chi connectivity index (χ0v) is 13.3. The lowest BCUT2D eigenvalue weighted by Crippen LogP contribution is -2.35. The van der Waals surface area contributed by atoms with E-state index in [0.717, 1.165) is 11.3 Å². The molecule has 0 aromatic heterocycles. The molecular formula is C17H20N2O4. The van der Waals surface area contributed by atoms with Gasteiger partial charge in [-0.3, -0.25) is 14.4 Å². The summed E-state index contributed by atoms with van der Waals surface area (Å²) in [6.45, 7) is 2.36. The van der Waals surface area contributed by atoms with E-state index < -0.39 is 11.4 Å². The van der Waals surface area contributed by atoms with Crippen molar-refractivity contribution < 1.29 is 19.5 Å². The maximum Gasteiger partial charge on any atom is 0.311 e. The predicted molar refractivity (Wildman–Crippen MR) is 84.4 cm³/mol. The Hall–Kier alpha value is -2.37. The number of likely N-dealkylation sites (tertiary alicyclic amines) is 1. The highest BCUT2D eigenvalue weighted by molar-refractivity contribution is 5.99. The van der Waals surface area contributed by atoms with Gasteiger partial charge >= 0.3 is 5.97 Å². The Bertz CT molecular complexity index is 700. The van der Waals surface area contributed by atoms with Crippen LogP contribution in [-0.4, -0.2) is 47.9 Å². The number of carbonyl (C=O) groups is 3. The topological polar surface area (TPSA) is 77.9 Å². The molecule has 1 aromatic rings. The number of carboxylic acids is 1. The molecule has 1 fully saturated rings. The van der Waals surface area contributed by atoms with Crippen LogP contribution in [-0.2, 0) is 16.0 Å². The van der Waals surface area contributed by atoms with Gasteiger partial charge in [0.2, 0.25) is 5.91 Å². The van der Waals surface area contributed by atoms with Gasteiger partial charge in [-0.05, 0) is 43.5 Å². The second-order valence-electron chi connectivity index (χ2n) is 6.64. The number of hydrogen-bond donors (Lipinski definition) is 1. The van der Waals surface area contributed by atoms with Crippen LogP contribution in [0.25, 0.3) is 0 Å². The Kier molecular flexibility index (Phi) is 3.62. The Morgan fingerprint density at radius 3 is 2.65 bits per heavy atom. The zero-order valence-electron chi connectivity index (χ0n) is 13.3. The van der Waals surface area contributed by atoms with E-state index >= 15 is 0 Å². The summed E-state index contributed by atoms with van der Waals surface area (Å²) in [6.07, 6.45) is 1.55. The van der Waals surface area contributed by atoms with Crippen molar-refractivity contribution in [2.24, 2.45) is 5.41 Å². The minimum Gasteiger partial charge on any atom is -0.481 e. The van der Waals surface area contributed by atoms with Crippen molar-refractivity contribution in [2.45, 2.75) is 26.2 Å². The van der Waals surface area contributed by atoms with Gasteiger partial charge in [-0.1, -0.05) is 0 Å². The highest BCUT2D eigenvalue weighted by Crippen LogP contribution is 2.32. The van der Waals surface area contributed by atoms with Crippen molar-refractivity contribution in [1.82, 2.24) is 4.90 Å². The molecule has 0 saturated carbocycles. The lowest BCUT2D eigenvalue weighted by molar-refractivity contribution is -0.147. The summed E-state index contributed by atoms with van der Waals surface area (Å²) < 4.78 is 0. The normalized spacial score (nSPS) is 23.8. The van der Waals surface area contributed by atoms with Crippen molar-refractivity contribution in [3.8, 4) is 0 Å². The fraction of sp³-hybridized carbons (Fsp3) is 0.471. The number of nitrogens with zero attached hydrogens (tertiary/aromatic N) is 2. The number of aliphatic carboxylic acids is 1. The van der Waals surface area contributed by atoms with Gasteiger partial charge in [0.1, 0.15) is 0 Å². The summed E-state index contributed by atoms with van der Waals surface area (Å²) in [5, 5.41) is 9.28. The molecule has 2 aliphatic heterocycles. The van der Waals surface area contributed by atoms with Gasteiger partial charge < -0.3 is 14.9 Å². The van der Waals surface area contributed by atoms with E-state index in [1.54, 1.807) is 35.9 Å². The first-order chi connectivity index (χ1) is 10.8. The van der Waals surface area contributed by atoms with Gasteiger partial charge in [0.15, 0.2) is 0 Å². The van der Waals surface area contributed by atoms with Gasteiger partial charge in [-0.25, -0.2) is 0 Å². The molecule has 1 aromatic carbocycles. The molecule has 2 amide bonds. The molecular weight excluding hydrogens is 296 g/mol. The molecule has 2 aliphatic rings. The van der Waals surface area contributed by atoms with Crippen molar-refractivity contribution >= 4 is 23.5 Å². The molecule has 1 atom stereocenters. The number of carboxylic acid groups (broad SMARTS) is 1. The molecule has 23 heavy (non-hydrogen) atoms. The molecule has 0 radical (unpaired) electrons. The molecule has 0 bridgehead atoms. The minimum absolute atomic E-state index is 0.0772. The largest absolute Gasteiger partial charge is 0.481 e. The first-order valence-electron chi connectivity index (χ1n) is 7.74. The molecule has 3 rings (SSSR count). The number of fused-ring (bicyclic) bond motifs is 1. The average Bonchev–Trinajstić information content (AvgIpc) is 2.94. The Labute approximate surface area is 134 Å². The molecule has 1 saturated heterocycles. The second-order valence-corrected chi connectivity index (χ2v) is 6.64. The van der Waals surface area contributed by atoms with Crippen LogP contribution in [0, 0.1) is 5.41 Å². The van der Waals surface area contributed by atoms with Gasteiger partial charge in [0.25, 0.3) is 5.91 Å². The molecule has 0 aliphatic carbocycles. The highest BCUT2D eigenvalue weighted by atomic mass is 16.4. The van der Waals surface area contributed by atoms with E-state index in [2.05, 4.69) is 0 Å². The van der Waals surface area contributed by atoms with Crippen LogP contribution in [0.15, 0.2) is 18.2 Å². The monoisotopic (exact) mass is 316 g/mol. The molecule has 6 heteroatoms. The number of carbonyl (C=O) groups excluding carboxylic acids is 2. The third-order valence-corrected chi connectivity index (χ3v) is 4.95. The van der Waals surface area contributed by atoms with Crippen LogP contribution < -0.4 is 4.90 Å². The maximum atomic E-state index is 12.6. The van der Waals surface area contributed by atoms with Crippen molar-refractivity contribution in [3.63, 3.8) is 0 Å². The van der Waals surface area contributed by atoms with E-state index in [4.69, 9.17) is 0 Å². The number of aryl methyl sites for hydroxylation is 1. The van der Waals surface area contributed by atoms with Crippen LogP contribution in [0.4, 0.5) is 5.69 Å². The Balaban J connectivity index is 1.82. The first-order valence-corrected chi connectivity index (χ1v) is 7.74. The lowest BCUT2D eigenvalue weighted by atomic mass is 9.90. The van der Waals surface area contributed by atoms with Crippen molar-refractivity contribution in [1.29, 1.82) is 0 Å². The fourth-order valence-electron chi connectivity index (χ4n) is 3.28. The fourth-order valence-corrected chi connectivity index (χ4v) is 3.28. The number of benzene rings is 1. The lowest BCUT2D eigenvalue weighted by Gasteiger charge is -2.26. The molecule has 1 N–H and O–H groups in total. The first kappa shape index (κ1) is 15.5. The van der Waals surface area contributed by atoms with E-state index in [1.807, 2.05) is 6.07 Å². The number of amides is 2. The molecule has 1 unspecified atom stereocenters. The molecule has 6 nitrogen and oxygen atoms in total. The Morgan fingerprint density at radius 2 is 2.00 bits per heavy atom. The average molecular weight is 316 g/mol. The van der Waals surface area contributed by atoms with Gasteiger partial charge in [0.05, 0.1) is 5.41 Å². The smallest absolute Gasteiger partial charge is 0.311 e. The summed E-state index contributed by atoms with van der Waals surface area (Å²) in [5.41, 5.74) is 1.52. The van der Waals surface area contributed by atoms with E-state index in [9.17, 15) is 19.5 Å². The second kappa shape index (κ2) is 5.37. The number of rotatable bonds is 2. The summed E-state index contributed by atoms with van der Waals surface area (Å²) in [6, 6.07) is 5.34. The van der Waals surface area contributed by atoms with Crippen LogP contribution in [0.1, 0.15) is 35.7 Å². The van der Waals surface area contributed by atoms with E-state index in [1.165, 1.54) is 0 Å². The quantitative estimate of drug-likeness (QED) is 0.897. The van der Waals surface area contributed by atoms with Crippen LogP contribution in [0.5, 0.6) is 0 Å². The van der Waals surface area contributed by atoms with Gasteiger partial charge in [0, 0.05) is 37.8 Å². The SMILES string of the molecule is CN1C(=O)CCc2cc(C(=O)N3CCC(C)(C(=O)O)C3)ccc21. The number of anilines is 1. The highest BCUT2D eigenvalue weighted by Gasteiger charge is 2.42. The van der Waals surface area contributed by atoms with Gasteiger partial charge in [-0.15, -0.1) is 0 Å². The summed E-state index contributed by atoms with van der Waals surface area (Å²) in [5.74, 6) is -0.927. The van der Waals surface area contributed by atoms with Crippen molar-refractivity contribution in [2.75, 3.05) is 25.0 Å². The Morgan fingerprint density at radius 1 is 1.26 bits per heavy atom. The predicted octanol–water partition coefficient (Wildman–Crippen LogP) is 1.53. The molecule has 0 spiro atoms. The van der Waals surface area contributed by atoms with Crippen LogP contribution in [0.2, 0.25) is 0 Å². The van der Waals surface area contributed by atoms with Gasteiger partial charge in [-0.2, -0.15) is 0 Å². The van der Waals surface area contributed by atoms with Crippen LogP contribution in [0.3, 0.4) is 0 Å². The van der Waals surface area contributed by atoms with Crippen molar-refractivity contribution in [3.05, 3.63) is 29.3 Å². The summed E-state index contributed by atoms with van der Waals surface area (Å²) in [4.78, 5) is 38.9. The van der Waals surface area contributed by atoms with E-state index in [-0.39, 0.29) is 18.4 Å². The minimum atomic E-state index is -0.865. The standard InChI is InChI=1S/C17H20N2O4/c1-17(16(22)23)7-8-19(10-17)15(21)12-3-5-13-11(9-12)4-6-14(20)18(13)2/h3,5,9H,4,6-8,10H2,1-2H3,(H,22,23). The molecule has 2 heterocycles. The third-order valence-electron chi connectivity index (χ3n) is 4.95. The number of hydrogen-bond acceptors (Lipinski definition) is 3. The molecule has 122 valence electrons.